The molecule has 2 aromatic carbocycles. The van der Waals surface area contributed by atoms with Crippen molar-refractivity contribution in [2.24, 2.45) is 0 Å². The van der Waals surface area contributed by atoms with Crippen molar-refractivity contribution in [2.75, 3.05) is 0 Å². The van der Waals surface area contributed by atoms with Crippen molar-refractivity contribution in [1.29, 1.82) is 0 Å². The maximum atomic E-state index is 11.5. The molecule has 0 radical (unpaired) electrons. The van der Waals surface area contributed by atoms with Gasteiger partial charge in [-0.3, -0.25) is 4.89 Å². The van der Waals surface area contributed by atoms with Crippen LogP contribution in [0.5, 0.6) is 0 Å². The van der Waals surface area contributed by atoms with Crippen LogP contribution in [0.1, 0.15) is 21.5 Å². The molecular formula is C16H14O6. The number of benzene rings is 2. The molecule has 22 heavy (non-hydrogen) atoms. The molecule has 0 atom stereocenters. The minimum absolute atomic E-state index is 0.0228. The molecule has 0 amide bonds. The van der Waals surface area contributed by atoms with Gasteiger partial charge in [-0.05, 0) is 24.6 Å². The van der Waals surface area contributed by atoms with Gasteiger partial charge in [0.15, 0.2) is 0 Å². The van der Waals surface area contributed by atoms with Crippen LogP contribution in [0, 0.1) is 6.92 Å². The highest BCUT2D eigenvalue weighted by Gasteiger charge is 2.11. The topological polar surface area (TPSA) is 71.1 Å². The molecule has 0 spiro atoms. The first-order valence-corrected chi connectivity index (χ1v) is 6.48. The number of hydrogen-bond donors (Lipinski definition) is 0. The quantitative estimate of drug-likeness (QED) is 0.479. The molecule has 0 unspecified atom stereocenters. The zero-order valence-electron chi connectivity index (χ0n) is 11.9. The molecule has 0 aliphatic carbocycles. The van der Waals surface area contributed by atoms with Crippen molar-refractivity contribution in [1.82, 2.24) is 0 Å². The van der Waals surface area contributed by atoms with Crippen molar-refractivity contribution in [3.63, 3.8) is 0 Å². The van der Waals surface area contributed by atoms with Gasteiger partial charge in [-0.25, -0.2) is 14.5 Å². The fraction of sp³-hybridized carbons (Fsp3) is 0.125. The van der Waals surface area contributed by atoms with Gasteiger partial charge in [0.05, 0.1) is 10.6 Å². The van der Waals surface area contributed by atoms with E-state index < -0.39 is 12.1 Å². The van der Waals surface area contributed by atoms with Gasteiger partial charge in [0, 0.05) is 0 Å². The molecule has 0 aromatic heterocycles. The summed E-state index contributed by atoms with van der Waals surface area (Å²) in [6.45, 7) is 1.91. The lowest BCUT2D eigenvalue weighted by Gasteiger charge is -2.04. The fourth-order valence-corrected chi connectivity index (χ4v) is 1.55. The average Bonchev–Trinajstić information content (AvgIpc) is 2.54. The Morgan fingerprint density at radius 3 is 2.27 bits per heavy atom. The van der Waals surface area contributed by atoms with Crippen LogP contribution < -0.4 is 0 Å². The predicted molar refractivity (Wildman–Crippen MR) is 75.4 cm³/mol. The maximum absolute atomic E-state index is 11.5. The number of aryl methyl sites for hydroxylation is 1. The molecular weight excluding hydrogens is 288 g/mol. The van der Waals surface area contributed by atoms with Gasteiger partial charge in [-0.15, -0.1) is 0 Å². The van der Waals surface area contributed by atoms with Crippen molar-refractivity contribution >= 4 is 12.1 Å². The van der Waals surface area contributed by atoms with E-state index in [0.717, 1.165) is 11.1 Å². The van der Waals surface area contributed by atoms with Crippen LogP contribution in [0.4, 0.5) is 4.79 Å². The molecule has 6 heteroatoms. The van der Waals surface area contributed by atoms with Gasteiger partial charge in [0.2, 0.25) is 0 Å². The summed E-state index contributed by atoms with van der Waals surface area (Å²) in [4.78, 5) is 31.3. The summed E-state index contributed by atoms with van der Waals surface area (Å²) in [5.74, 6) is -0.782. The van der Waals surface area contributed by atoms with E-state index in [1.54, 1.807) is 36.4 Å². The number of hydrogen-bond acceptors (Lipinski definition) is 6. The highest BCUT2D eigenvalue weighted by Crippen LogP contribution is 2.06. The molecule has 0 heterocycles. The SMILES string of the molecule is Cc1ccc(C(=O)OOOC(=O)OCc2ccccc2)cc1. The molecule has 2 rings (SSSR count). The van der Waals surface area contributed by atoms with Gasteiger partial charge < -0.3 is 4.74 Å². The third-order valence-electron chi connectivity index (χ3n) is 2.70. The first-order valence-electron chi connectivity index (χ1n) is 6.48. The van der Waals surface area contributed by atoms with Crippen LogP contribution in [0.3, 0.4) is 0 Å². The van der Waals surface area contributed by atoms with Gasteiger partial charge in [-0.2, -0.15) is 0 Å². The predicted octanol–water partition coefficient (Wildman–Crippen LogP) is 3.35. The maximum Gasteiger partial charge on any atom is 0.543 e. The number of ether oxygens (including phenoxy) is 1. The van der Waals surface area contributed by atoms with E-state index in [4.69, 9.17) is 4.74 Å². The van der Waals surface area contributed by atoms with Gasteiger partial charge in [0.25, 0.3) is 0 Å². The molecule has 0 saturated carbocycles. The average molecular weight is 302 g/mol. The standard InChI is InChI=1S/C16H14O6/c1-12-7-9-14(10-8-12)15(17)20-22-21-16(18)19-11-13-5-3-2-4-6-13/h2-10H,11H2,1H3. The third kappa shape index (κ3) is 4.92. The van der Waals surface area contributed by atoms with Crippen molar-refractivity contribution < 1.29 is 29.1 Å². The lowest BCUT2D eigenvalue weighted by Crippen LogP contribution is -2.12. The van der Waals surface area contributed by atoms with E-state index >= 15 is 0 Å². The number of carbonyl (C=O) groups excluding carboxylic acids is 2. The summed E-state index contributed by atoms with van der Waals surface area (Å²) < 4.78 is 4.75. The van der Waals surface area contributed by atoms with E-state index in [1.165, 1.54) is 0 Å². The summed E-state index contributed by atoms with van der Waals surface area (Å²) in [5.41, 5.74) is 2.06. The monoisotopic (exact) mass is 302 g/mol. The summed E-state index contributed by atoms with van der Waals surface area (Å²) >= 11 is 0. The summed E-state index contributed by atoms with van der Waals surface area (Å²) in [7, 11) is 0. The Morgan fingerprint density at radius 1 is 0.909 bits per heavy atom. The lowest BCUT2D eigenvalue weighted by atomic mass is 10.2. The van der Waals surface area contributed by atoms with E-state index in [-0.39, 0.29) is 12.2 Å². The normalized spacial score (nSPS) is 9.86. The largest absolute Gasteiger partial charge is 0.543 e. The Morgan fingerprint density at radius 2 is 1.59 bits per heavy atom. The minimum atomic E-state index is -1.11. The highest BCUT2D eigenvalue weighted by molar-refractivity contribution is 5.88. The van der Waals surface area contributed by atoms with E-state index in [0.29, 0.717) is 0 Å². The van der Waals surface area contributed by atoms with Crippen LogP contribution in [0.15, 0.2) is 54.6 Å². The first kappa shape index (κ1) is 15.5. The van der Waals surface area contributed by atoms with Crippen LogP contribution in [-0.2, 0) is 26.2 Å². The zero-order chi connectivity index (χ0) is 15.8. The highest BCUT2D eigenvalue weighted by atomic mass is 17.5. The van der Waals surface area contributed by atoms with Crippen molar-refractivity contribution in [2.45, 2.75) is 13.5 Å². The van der Waals surface area contributed by atoms with Crippen LogP contribution in [0.2, 0.25) is 0 Å². The second kappa shape index (κ2) is 7.80. The molecule has 0 N–H and O–H groups in total. The minimum Gasteiger partial charge on any atom is -0.427 e. The molecule has 2 aromatic rings. The zero-order valence-corrected chi connectivity index (χ0v) is 11.9. The Labute approximate surface area is 127 Å². The molecule has 0 fully saturated rings. The van der Waals surface area contributed by atoms with E-state index in [2.05, 4.69) is 14.8 Å². The van der Waals surface area contributed by atoms with Crippen LogP contribution in [0.25, 0.3) is 0 Å². The third-order valence-corrected chi connectivity index (χ3v) is 2.70. The Kier molecular flexibility index (Phi) is 5.50. The molecule has 0 aliphatic rings. The first-order chi connectivity index (χ1) is 10.6. The number of carbonyl (C=O) groups is 2. The molecule has 6 nitrogen and oxygen atoms in total. The van der Waals surface area contributed by atoms with Crippen molar-refractivity contribution in [3.8, 4) is 0 Å². The molecule has 114 valence electrons. The van der Waals surface area contributed by atoms with Crippen LogP contribution >= 0.6 is 0 Å². The second-order valence-corrected chi connectivity index (χ2v) is 4.41. The summed E-state index contributed by atoms with van der Waals surface area (Å²) in [6, 6.07) is 15.6. The Hall–Kier alpha value is -2.86. The van der Waals surface area contributed by atoms with E-state index in [1.807, 2.05) is 25.1 Å². The molecule has 0 aliphatic heterocycles. The second-order valence-electron chi connectivity index (χ2n) is 4.41. The summed E-state index contributed by atoms with van der Waals surface area (Å²) in [5, 5.41) is 4.11. The van der Waals surface area contributed by atoms with Gasteiger partial charge >= 0.3 is 12.1 Å². The molecule has 0 bridgehead atoms. The smallest absolute Gasteiger partial charge is 0.427 e. The molecule has 0 saturated heterocycles. The van der Waals surface area contributed by atoms with E-state index in [9.17, 15) is 9.59 Å². The van der Waals surface area contributed by atoms with Crippen molar-refractivity contribution in [3.05, 3.63) is 71.3 Å². The number of rotatable bonds is 5. The van der Waals surface area contributed by atoms with Gasteiger partial charge in [0.1, 0.15) is 6.61 Å². The fourth-order valence-electron chi connectivity index (χ4n) is 1.55. The Bertz CT molecular complexity index is 621. The lowest BCUT2D eigenvalue weighted by molar-refractivity contribution is -0.452. The summed E-state index contributed by atoms with van der Waals surface area (Å²) in [6.07, 6.45) is -1.11. The van der Waals surface area contributed by atoms with Crippen LogP contribution in [-0.4, -0.2) is 12.1 Å². The Balaban J connectivity index is 1.68. The van der Waals surface area contributed by atoms with Gasteiger partial charge in [-0.1, -0.05) is 48.0 Å².